The Kier molecular flexibility index (Phi) is 4.60. The molecule has 0 aromatic heterocycles. The van der Waals surface area contributed by atoms with Crippen molar-refractivity contribution in [1.82, 2.24) is 10.2 Å². The summed E-state index contributed by atoms with van der Waals surface area (Å²) in [5, 5.41) is 6.25. The molecule has 1 saturated heterocycles. The number of amides is 1. The van der Waals surface area contributed by atoms with Gasteiger partial charge in [-0.1, -0.05) is 6.07 Å². The molecular weight excluding hydrogens is 266 g/mol. The summed E-state index contributed by atoms with van der Waals surface area (Å²) < 4.78 is 5.63. The van der Waals surface area contributed by atoms with Crippen LogP contribution in [0.4, 0.5) is 5.69 Å². The summed E-state index contributed by atoms with van der Waals surface area (Å²) in [6.45, 7) is 5.59. The Balaban J connectivity index is 1.51. The van der Waals surface area contributed by atoms with E-state index in [2.05, 4.69) is 15.5 Å². The van der Waals surface area contributed by atoms with Crippen LogP contribution in [0.2, 0.25) is 0 Å². The second kappa shape index (κ2) is 6.80. The molecule has 1 aromatic carbocycles. The lowest BCUT2D eigenvalue weighted by Crippen LogP contribution is -2.29. The van der Waals surface area contributed by atoms with E-state index in [9.17, 15) is 4.79 Å². The molecule has 2 heterocycles. The van der Waals surface area contributed by atoms with E-state index in [0.717, 1.165) is 25.2 Å². The quantitative estimate of drug-likeness (QED) is 0.810. The summed E-state index contributed by atoms with van der Waals surface area (Å²) in [7, 11) is 0. The van der Waals surface area contributed by atoms with Crippen LogP contribution in [-0.2, 0) is 0 Å². The molecule has 0 spiro atoms. The Morgan fingerprint density at radius 3 is 3.05 bits per heavy atom. The molecule has 2 aliphatic heterocycles. The molecule has 21 heavy (non-hydrogen) atoms. The summed E-state index contributed by atoms with van der Waals surface area (Å²) in [6.07, 6.45) is 3.62. The zero-order valence-corrected chi connectivity index (χ0v) is 12.4. The number of carbonyl (C=O) groups is 1. The zero-order valence-electron chi connectivity index (χ0n) is 12.4. The van der Waals surface area contributed by atoms with Crippen LogP contribution >= 0.6 is 0 Å². The molecule has 2 N–H and O–H groups in total. The Labute approximate surface area is 125 Å². The van der Waals surface area contributed by atoms with Crippen molar-refractivity contribution >= 4 is 11.6 Å². The topological polar surface area (TPSA) is 53.6 Å². The fourth-order valence-electron chi connectivity index (χ4n) is 2.96. The molecule has 0 aliphatic carbocycles. The van der Waals surface area contributed by atoms with Crippen molar-refractivity contribution in [3.63, 3.8) is 0 Å². The number of para-hydroxylation sites is 1. The van der Waals surface area contributed by atoms with Crippen LogP contribution in [0.15, 0.2) is 18.2 Å². The van der Waals surface area contributed by atoms with Gasteiger partial charge in [0.05, 0.1) is 11.3 Å². The van der Waals surface area contributed by atoms with Crippen molar-refractivity contribution < 1.29 is 9.53 Å². The van der Waals surface area contributed by atoms with Gasteiger partial charge in [0, 0.05) is 13.1 Å². The molecule has 1 fully saturated rings. The number of rotatable bonds is 5. The van der Waals surface area contributed by atoms with E-state index in [-0.39, 0.29) is 5.91 Å². The maximum absolute atomic E-state index is 12.3. The van der Waals surface area contributed by atoms with E-state index >= 15 is 0 Å². The highest BCUT2D eigenvalue weighted by molar-refractivity contribution is 5.98. The van der Waals surface area contributed by atoms with Crippen molar-refractivity contribution in [2.75, 3.05) is 44.6 Å². The van der Waals surface area contributed by atoms with Gasteiger partial charge in [-0.05, 0) is 51.0 Å². The monoisotopic (exact) mass is 289 g/mol. The van der Waals surface area contributed by atoms with E-state index in [4.69, 9.17) is 4.74 Å². The maximum atomic E-state index is 12.3. The van der Waals surface area contributed by atoms with Gasteiger partial charge in [0.2, 0.25) is 0 Å². The van der Waals surface area contributed by atoms with Crippen molar-refractivity contribution in [3.05, 3.63) is 23.8 Å². The summed E-state index contributed by atoms with van der Waals surface area (Å²) in [5.41, 5.74) is 1.53. The number of nitrogens with one attached hydrogen (secondary N) is 2. The first-order valence-electron chi connectivity index (χ1n) is 7.85. The Hall–Kier alpha value is -1.75. The van der Waals surface area contributed by atoms with Crippen LogP contribution in [0.25, 0.3) is 0 Å². The van der Waals surface area contributed by atoms with Gasteiger partial charge >= 0.3 is 0 Å². The van der Waals surface area contributed by atoms with Gasteiger partial charge < -0.3 is 20.3 Å². The molecule has 1 amide bonds. The molecule has 5 heteroatoms. The Morgan fingerprint density at radius 2 is 2.19 bits per heavy atom. The van der Waals surface area contributed by atoms with Crippen LogP contribution in [0.3, 0.4) is 0 Å². The number of hydrogen-bond donors (Lipinski definition) is 2. The third-order valence-electron chi connectivity index (χ3n) is 4.06. The average Bonchev–Trinajstić information content (AvgIpc) is 3.04. The van der Waals surface area contributed by atoms with Gasteiger partial charge in [0.1, 0.15) is 6.61 Å². The van der Waals surface area contributed by atoms with E-state index < -0.39 is 0 Å². The van der Waals surface area contributed by atoms with Gasteiger partial charge in [-0.15, -0.1) is 0 Å². The lowest BCUT2D eigenvalue weighted by atomic mass is 10.1. The molecule has 0 saturated carbocycles. The fourth-order valence-corrected chi connectivity index (χ4v) is 2.96. The van der Waals surface area contributed by atoms with Crippen LogP contribution in [0, 0.1) is 0 Å². The number of fused-ring (bicyclic) bond motifs is 1. The van der Waals surface area contributed by atoms with Gasteiger partial charge in [0.15, 0.2) is 5.75 Å². The first kappa shape index (κ1) is 14.2. The van der Waals surface area contributed by atoms with E-state index in [0.29, 0.717) is 24.5 Å². The number of ether oxygens (including phenoxy) is 1. The van der Waals surface area contributed by atoms with Gasteiger partial charge in [-0.3, -0.25) is 4.79 Å². The molecule has 5 nitrogen and oxygen atoms in total. The van der Waals surface area contributed by atoms with Gasteiger partial charge in [0.25, 0.3) is 5.91 Å². The Morgan fingerprint density at radius 1 is 1.33 bits per heavy atom. The fraction of sp³-hybridized carbons (Fsp3) is 0.562. The lowest BCUT2D eigenvalue weighted by molar-refractivity contribution is 0.0948. The summed E-state index contributed by atoms with van der Waals surface area (Å²) in [5.74, 6) is 0.637. The zero-order chi connectivity index (χ0) is 14.5. The minimum Gasteiger partial charge on any atom is -0.489 e. The van der Waals surface area contributed by atoms with E-state index in [1.807, 2.05) is 18.2 Å². The SMILES string of the molecule is O=C(NCCCN1CCCC1)c1cccc2c1OCCN2. The van der Waals surface area contributed by atoms with Crippen LogP contribution in [0.1, 0.15) is 29.6 Å². The van der Waals surface area contributed by atoms with E-state index in [1.165, 1.54) is 25.9 Å². The van der Waals surface area contributed by atoms with Crippen molar-refractivity contribution in [3.8, 4) is 5.75 Å². The first-order chi connectivity index (χ1) is 10.3. The number of likely N-dealkylation sites (tertiary alicyclic amines) is 1. The Bertz CT molecular complexity index is 498. The largest absolute Gasteiger partial charge is 0.489 e. The van der Waals surface area contributed by atoms with Gasteiger partial charge in [-0.2, -0.15) is 0 Å². The molecule has 0 bridgehead atoms. The second-order valence-electron chi connectivity index (χ2n) is 5.62. The van der Waals surface area contributed by atoms with Crippen molar-refractivity contribution in [2.24, 2.45) is 0 Å². The van der Waals surface area contributed by atoms with Crippen LogP contribution < -0.4 is 15.4 Å². The van der Waals surface area contributed by atoms with Crippen molar-refractivity contribution in [1.29, 1.82) is 0 Å². The number of carbonyl (C=O) groups excluding carboxylic acids is 1. The summed E-state index contributed by atoms with van der Waals surface area (Å²) in [4.78, 5) is 14.7. The number of anilines is 1. The van der Waals surface area contributed by atoms with E-state index in [1.54, 1.807) is 0 Å². The average molecular weight is 289 g/mol. The predicted octanol–water partition coefficient (Wildman–Crippen LogP) is 1.71. The standard InChI is InChI=1S/C16H23N3O2/c20-16(18-7-4-11-19-9-1-2-10-19)13-5-3-6-14-15(13)21-12-8-17-14/h3,5-6,17H,1-2,4,7-12H2,(H,18,20). The van der Waals surface area contributed by atoms with Crippen LogP contribution in [0.5, 0.6) is 5.75 Å². The molecule has 0 unspecified atom stereocenters. The highest BCUT2D eigenvalue weighted by atomic mass is 16.5. The minimum absolute atomic E-state index is 0.0445. The molecule has 1 aromatic rings. The highest BCUT2D eigenvalue weighted by Crippen LogP contribution is 2.30. The molecule has 0 radical (unpaired) electrons. The first-order valence-corrected chi connectivity index (χ1v) is 7.85. The number of hydrogen-bond acceptors (Lipinski definition) is 4. The normalized spacial score (nSPS) is 17.7. The lowest BCUT2D eigenvalue weighted by Gasteiger charge is -2.21. The number of benzene rings is 1. The van der Waals surface area contributed by atoms with Gasteiger partial charge in [-0.25, -0.2) is 0 Å². The highest BCUT2D eigenvalue weighted by Gasteiger charge is 2.18. The molecule has 114 valence electrons. The maximum Gasteiger partial charge on any atom is 0.255 e. The molecule has 0 atom stereocenters. The third kappa shape index (κ3) is 3.47. The second-order valence-corrected chi connectivity index (χ2v) is 5.62. The summed E-state index contributed by atoms with van der Waals surface area (Å²) in [6, 6.07) is 5.65. The molecule has 2 aliphatic rings. The minimum atomic E-state index is -0.0445. The predicted molar refractivity (Wildman–Crippen MR) is 83.1 cm³/mol. The third-order valence-corrected chi connectivity index (χ3v) is 4.06. The number of nitrogens with zero attached hydrogens (tertiary/aromatic N) is 1. The smallest absolute Gasteiger partial charge is 0.255 e. The van der Waals surface area contributed by atoms with Crippen molar-refractivity contribution in [2.45, 2.75) is 19.3 Å². The summed E-state index contributed by atoms with van der Waals surface area (Å²) >= 11 is 0. The van der Waals surface area contributed by atoms with Crippen LogP contribution in [-0.4, -0.2) is 50.1 Å². The molecular formula is C16H23N3O2. The molecule has 3 rings (SSSR count).